The molecule has 4 heteroatoms. The topological polar surface area (TPSA) is 33.6 Å². The van der Waals surface area contributed by atoms with E-state index in [1.807, 2.05) is 0 Å². The molecule has 1 N–H and O–H groups in total. The minimum absolute atomic E-state index is 0.761. The second kappa shape index (κ2) is 5.17. The van der Waals surface area contributed by atoms with Crippen LogP contribution in [0.1, 0.15) is 38.9 Å². The molecule has 0 aliphatic heterocycles. The van der Waals surface area contributed by atoms with Crippen LogP contribution >= 0.6 is 12.2 Å². The Hall–Kier alpha value is -0.640. The molecule has 1 heterocycles. The molecule has 74 valence electrons. The quantitative estimate of drug-likeness (QED) is 0.740. The summed E-state index contributed by atoms with van der Waals surface area (Å²) in [5.41, 5.74) is 0. The largest absolute Gasteiger partial charge is 0.304 e. The number of unbranched alkanes of at least 4 members (excludes halogenated alkanes) is 1. The molecule has 0 saturated heterocycles. The van der Waals surface area contributed by atoms with Crippen LogP contribution in [0, 0.1) is 4.77 Å². The van der Waals surface area contributed by atoms with E-state index < -0.39 is 0 Å². The van der Waals surface area contributed by atoms with Gasteiger partial charge in [-0.2, -0.15) is 5.10 Å². The van der Waals surface area contributed by atoms with Gasteiger partial charge in [-0.25, -0.2) is 0 Å². The predicted molar refractivity (Wildman–Crippen MR) is 56.3 cm³/mol. The summed E-state index contributed by atoms with van der Waals surface area (Å²) in [5.74, 6) is 1.10. The van der Waals surface area contributed by atoms with Gasteiger partial charge >= 0.3 is 0 Å². The lowest BCUT2D eigenvalue weighted by Crippen LogP contribution is -2.03. The highest BCUT2D eigenvalue weighted by Gasteiger charge is 2.03. The zero-order valence-corrected chi connectivity index (χ0v) is 9.15. The molecular formula is C9H17N3S. The lowest BCUT2D eigenvalue weighted by molar-refractivity contribution is 0.592. The van der Waals surface area contributed by atoms with E-state index in [4.69, 9.17) is 12.2 Å². The van der Waals surface area contributed by atoms with E-state index in [9.17, 15) is 0 Å². The maximum Gasteiger partial charge on any atom is 0.195 e. The molecule has 13 heavy (non-hydrogen) atoms. The number of aromatic nitrogens is 3. The van der Waals surface area contributed by atoms with Gasteiger partial charge in [-0.3, -0.25) is 5.10 Å². The Bertz CT molecular complexity index is 300. The van der Waals surface area contributed by atoms with Crippen LogP contribution in [0.5, 0.6) is 0 Å². The average molecular weight is 199 g/mol. The molecule has 0 aliphatic carbocycles. The van der Waals surface area contributed by atoms with Gasteiger partial charge in [-0.05, 0) is 25.1 Å². The van der Waals surface area contributed by atoms with Crippen molar-refractivity contribution in [2.24, 2.45) is 0 Å². The fraction of sp³-hybridized carbons (Fsp3) is 0.778. The van der Waals surface area contributed by atoms with Gasteiger partial charge in [0, 0.05) is 13.0 Å². The van der Waals surface area contributed by atoms with Crippen LogP contribution in [-0.2, 0) is 13.0 Å². The van der Waals surface area contributed by atoms with Crippen molar-refractivity contribution in [2.75, 3.05) is 0 Å². The Morgan fingerprint density at radius 1 is 1.38 bits per heavy atom. The number of hydrogen-bond donors (Lipinski definition) is 1. The van der Waals surface area contributed by atoms with E-state index in [0.717, 1.165) is 30.0 Å². The molecule has 0 bridgehead atoms. The van der Waals surface area contributed by atoms with E-state index in [1.54, 1.807) is 0 Å². The highest BCUT2D eigenvalue weighted by Crippen LogP contribution is 2.03. The second-order valence-electron chi connectivity index (χ2n) is 3.20. The average Bonchev–Trinajstić information content (AvgIpc) is 2.45. The van der Waals surface area contributed by atoms with Crippen LogP contribution in [0.3, 0.4) is 0 Å². The van der Waals surface area contributed by atoms with Gasteiger partial charge in [0.2, 0.25) is 0 Å². The van der Waals surface area contributed by atoms with Crippen LogP contribution in [-0.4, -0.2) is 14.8 Å². The number of H-pyrrole nitrogens is 1. The summed E-state index contributed by atoms with van der Waals surface area (Å²) in [4.78, 5) is 0. The standard InChI is InChI=1S/C9H17N3S/c1-3-5-7-12-8(6-4-2)10-11-9(12)13/h3-7H2,1-2H3,(H,11,13). The molecule has 0 atom stereocenters. The molecule has 0 spiro atoms. The minimum atomic E-state index is 0.761. The molecule has 0 fully saturated rings. The van der Waals surface area contributed by atoms with Crippen molar-refractivity contribution in [3.8, 4) is 0 Å². The lowest BCUT2D eigenvalue weighted by Gasteiger charge is -2.03. The summed E-state index contributed by atoms with van der Waals surface area (Å²) in [6.07, 6.45) is 4.49. The number of nitrogens with zero attached hydrogens (tertiary/aromatic N) is 2. The van der Waals surface area contributed by atoms with Gasteiger partial charge in [0.25, 0.3) is 0 Å². The van der Waals surface area contributed by atoms with E-state index >= 15 is 0 Å². The molecule has 0 unspecified atom stereocenters. The lowest BCUT2D eigenvalue weighted by atomic mass is 10.3. The predicted octanol–water partition coefficient (Wildman–Crippen LogP) is 2.69. The maximum absolute atomic E-state index is 5.15. The number of aromatic amines is 1. The fourth-order valence-corrected chi connectivity index (χ4v) is 1.55. The van der Waals surface area contributed by atoms with Crippen LogP contribution in [0.2, 0.25) is 0 Å². The molecular weight excluding hydrogens is 182 g/mol. The normalized spacial score (nSPS) is 10.6. The molecule has 1 aromatic heterocycles. The summed E-state index contributed by atoms with van der Waals surface area (Å²) < 4.78 is 2.87. The van der Waals surface area contributed by atoms with Crippen molar-refractivity contribution in [3.05, 3.63) is 10.6 Å². The van der Waals surface area contributed by atoms with E-state index in [0.29, 0.717) is 0 Å². The highest BCUT2D eigenvalue weighted by molar-refractivity contribution is 7.71. The first-order valence-electron chi connectivity index (χ1n) is 4.93. The smallest absolute Gasteiger partial charge is 0.195 e. The van der Waals surface area contributed by atoms with Gasteiger partial charge in [0.15, 0.2) is 4.77 Å². The highest BCUT2D eigenvalue weighted by atomic mass is 32.1. The van der Waals surface area contributed by atoms with Crippen LogP contribution in [0.15, 0.2) is 0 Å². The SMILES string of the molecule is CCCCn1c(CCC)n[nH]c1=S. The third-order valence-corrected chi connectivity index (χ3v) is 2.36. The minimum Gasteiger partial charge on any atom is -0.304 e. The number of nitrogens with one attached hydrogen (secondary N) is 1. The first-order valence-corrected chi connectivity index (χ1v) is 5.34. The Morgan fingerprint density at radius 2 is 2.15 bits per heavy atom. The second-order valence-corrected chi connectivity index (χ2v) is 3.59. The fourth-order valence-electron chi connectivity index (χ4n) is 1.31. The Balaban J connectivity index is 2.75. The van der Waals surface area contributed by atoms with E-state index in [-0.39, 0.29) is 0 Å². The first-order chi connectivity index (χ1) is 6.29. The molecule has 3 nitrogen and oxygen atoms in total. The zero-order chi connectivity index (χ0) is 9.68. The van der Waals surface area contributed by atoms with Gasteiger partial charge in [-0.1, -0.05) is 20.3 Å². The third kappa shape index (κ3) is 2.66. The molecule has 0 aromatic carbocycles. The Labute approximate surface area is 84.2 Å². The Kier molecular flexibility index (Phi) is 4.15. The number of aryl methyl sites for hydroxylation is 1. The van der Waals surface area contributed by atoms with Gasteiger partial charge in [-0.15, -0.1) is 0 Å². The van der Waals surface area contributed by atoms with Crippen molar-refractivity contribution in [2.45, 2.75) is 46.1 Å². The number of hydrogen-bond acceptors (Lipinski definition) is 2. The van der Waals surface area contributed by atoms with Crippen LogP contribution in [0.4, 0.5) is 0 Å². The Morgan fingerprint density at radius 3 is 2.77 bits per heavy atom. The van der Waals surface area contributed by atoms with Crippen molar-refractivity contribution in [1.29, 1.82) is 0 Å². The monoisotopic (exact) mass is 199 g/mol. The molecule has 0 saturated carbocycles. The summed E-state index contributed by atoms with van der Waals surface area (Å²) in [5, 5.41) is 7.05. The van der Waals surface area contributed by atoms with Gasteiger partial charge in [0.1, 0.15) is 5.82 Å². The maximum atomic E-state index is 5.15. The van der Waals surface area contributed by atoms with Gasteiger partial charge < -0.3 is 4.57 Å². The van der Waals surface area contributed by atoms with Crippen molar-refractivity contribution >= 4 is 12.2 Å². The van der Waals surface area contributed by atoms with Crippen molar-refractivity contribution < 1.29 is 0 Å². The summed E-state index contributed by atoms with van der Waals surface area (Å²) in [6, 6.07) is 0. The van der Waals surface area contributed by atoms with Gasteiger partial charge in [0.05, 0.1) is 0 Å². The molecule has 1 aromatic rings. The van der Waals surface area contributed by atoms with Crippen molar-refractivity contribution in [1.82, 2.24) is 14.8 Å². The van der Waals surface area contributed by atoms with E-state index in [2.05, 4.69) is 28.6 Å². The summed E-state index contributed by atoms with van der Waals surface area (Å²) in [6.45, 7) is 5.34. The van der Waals surface area contributed by atoms with E-state index in [1.165, 1.54) is 12.8 Å². The third-order valence-electron chi connectivity index (χ3n) is 2.05. The van der Waals surface area contributed by atoms with Crippen molar-refractivity contribution in [3.63, 3.8) is 0 Å². The number of rotatable bonds is 5. The molecule has 1 rings (SSSR count). The van der Waals surface area contributed by atoms with Crippen LogP contribution < -0.4 is 0 Å². The van der Waals surface area contributed by atoms with Crippen LogP contribution in [0.25, 0.3) is 0 Å². The molecule has 0 radical (unpaired) electrons. The first kappa shape index (κ1) is 10.4. The zero-order valence-electron chi connectivity index (χ0n) is 8.34. The molecule has 0 amide bonds. The molecule has 0 aliphatic rings. The summed E-state index contributed by atoms with van der Waals surface area (Å²) >= 11 is 5.15. The summed E-state index contributed by atoms with van der Waals surface area (Å²) in [7, 11) is 0.